The zero-order valence-corrected chi connectivity index (χ0v) is 11.4. The van der Waals surface area contributed by atoms with Crippen LogP contribution in [0.4, 0.5) is 13.2 Å². The molecule has 1 nitrogen and oxygen atoms in total. The van der Waals surface area contributed by atoms with E-state index in [1.807, 2.05) is 18.2 Å². The number of halogens is 3. The lowest BCUT2D eigenvalue weighted by atomic mass is 10.1. The second-order valence-corrected chi connectivity index (χ2v) is 5.35. The zero-order valence-electron chi connectivity index (χ0n) is 10.6. The van der Waals surface area contributed by atoms with Gasteiger partial charge in [-0.05, 0) is 12.8 Å². The smallest absolute Gasteiger partial charge is 0.282 e. The quantitative estimate of drug-likeness (QED) is 0.652. The first-order valence-corrected chi connectivity index (χ1v) is 7.26. The Balaban J connectivity index is 2.04. The van der Waals surface area contributed by atoms with Crippen LogP contribution in [0.5, 0.6) is 0 Å². The minimum Gasteiger partial charge on any atom is -0.282 e. The summed E-state index contributed by atoms with van der Waals surface area (Å²) in [7, 11) is 0. The molecular weight excluding hydrogens is 273 g/mol. The van der Waals surface area contributed by atoms with E-state index in [1.54, 1.807) is 12.1 Å². The maximum absolute atomic E-state index is 11.9. The lowest BCUT2D eigenvalue weighted by Crippen LogP contribution is -2.06. The fourth-order valence-corrected chi connectivity index (χ4v) is 2.44. The van der Waals surface area contributed by atoms with Gasteiger partial charge in [-0.25, -0.2) is 0 Å². The number of thioether (sulfide) groups is 1. The third-order valence-electron chi connectivity index (χ3n) is 2.60. The first-order valence-electron chi connectivity index (χ1n) is 6.28. The van der Waals surface area contributed by atoms with E-state index in [9.17, 15) is 18.0 Å². The Bertz CT molecular complexity index is 376. The lowest BCUT2D eigenvalue weighted by Gasteiger charge is -2.05. The van der Waals surface area contributed by atoms with Crippen molar-refractivity contribution in [3.8, 4) is 0 Å². The van der Waals surface area contributed by atoms with Crippen molar-refractivity contribution in [1.82, 2.24) is 0 Å². The maximum Gasteiger partial charge on any atom is 0.389 e. The third kappa shape index (κ3) is 7.93. The van der Waals surface area contributed by atoms with Crippen LogP contribution in [0.1, 0.15) is 42.5 Å². The second kappa shape index (κ2) is 8.25. The molecule has 1 aromatic rings. The molecule has 0 aliphatic heterocycles. The molecular formula is C14H17F3OS. The van der Waals surface area contributed by atoms with Crippen LogP contribution in [0.25, 0.3) is 0 Å². The number of hydrogen-bond donors (Lipinski definition) is 0. The van der Waals surface area contributed by atoms with E-state index in [-0.39, 0.29) is 11.5 Å². The number of carbonyl (C=O) groups excluding carboxylic acids is 1. The average Bonchev–Trinajstić information content (AvgIpc) is 2.37. The fourth-order valence-electron chi connectivity index (χ4n) is 1.60. The molecule has 0 heterocycles. The first kappa shape index (κ1) is 16.1. The van der Waals surface area contributed by atoms with Crippen LogP contribution in [0.3, 0.4) is 0 Å². The van der Waals surface area contributed by atoms with Gasteiger partial charge in [0.15, 0.2) is 0 Å². The van der Waals surface area contributed by atoms with E-state index in [0.29, 0.717) is 17.7 Å². The summed E-state index contributed by atoms with van der Waals surface area (Å²) in [4.78, 5) is 11.7. The lowest BCUT2D eigenvalue weighted by molar-refractivity contribution is -0.135. The summed E-state index contributed by atoms with van der Waals surface area (Å²) in [5.41, 5.74) is 0.671. The molecule has 106 valence electrons. The molecule has 0 aliphatic carbocycles. The van der Waals surface area contributed by atoms with Gasteiger partial charge in [0.1, 0.15) is 0 Å². The summed E-state index contributed by atoms with van der Waals surface area (Å²) in [6.45, 7) is 0. The molecule has 0 N–H and O–H groups in total. The summed E-state index contributed by atoms with van der Waals surface area (Å²) in [5, 5.41) is 0.0240. The summed E-state index contributed by atoms with van der Waals surface area (Å²) < 4.78 is 35.6. The molecule has 1 rings (SSSR count). The maximum atomic E-state index is 11.9. The Morgan fingerprint density at radius 2 is 1.63 bits per heavy atom. The largest absolute Gasteiger partial charge is 0.389 e. The molecule has 1 aromatic carbocycles. The van der Waals surface area contributed by atoms with E-state index < -0.39 is 12.6 Å². The summed E-state index contributed by atoms with van der Waals surface area (Å²) in [6.07, 6.45) is -2.48. The Morgan fingerprint density at radius 3 is 2.26 bits per heavy atom. The number of hydrogen-bond acceptors (Lipinski definition) is 2. The van der Waals surface area contributed by atoms with Gasteiger partial charge < -0.3 is 0 Å². The average molecular weight is 290 g/mol. The Kier molecular flexibility index (Phi) is 6.99. The Morgan fingerprint density at radius 1 is 1.00 bits per heavy atom. The van der Waals surface area contributed by atoms with Crippen LogP contribution < -0.4 is 0 Å². The monoisotopic (exact) mass is 290 g/mol. The summed E-state index contributed by atoms with van der Waals surface area (Å²) in [6, 6.07) is 9.00. The van der Waals surface area contributed by atoms with Crippen molar-refractivity contribution in [3.05, 3.63) is 35.9 Å². The van der Waals surface area contributed by atoms with Crippen molar-refractivity contribution >= 4 is 16.9 Å². The van der Waals surface area contributed by atoms with Gasteiger partial charge in [-0.2, -0.15) is 13.2 Å². The molecule has 0 unspecified atom stereocenters. The Labute approximate surface area is 115 Å². The normalized spacial score (nSPS) is 11.5. The van der Waals surface area contributed by atoms with E-state index in [4.69, 9.17) is 0 Å². The first-order chi connectivity index (χ1) is 8.99. The van der Waals surface area contributed by atoms with Crippen LogP contribution in [0, 0.1) is 0 Å². The van der Waals surface area contributed by atoms with Gasteiger partial charge in [0.05, 0.1) is 0 Å². The van der Waals surface area contributed by atoms with Gasteiger partial charge in [0, 0.05) is 17.7 Å². The van der Waals surface area contributed by atoms with Crippen LogP contribution in [0.15, 0.2) is 30.3 Å². The molecule has 5 heteroatoms. The number of carbonyl (C=O) groups is 1. The van der Waals surface area contributed by atoms with Crippen molar-refractivity contribution < 1.29 is 18.0 Å². The van der Waals surface area contributed by atoms with E-state index in [2.05, 4.69) is 0 Å². The zero-order chi connectivity index (χ0) is 14.1. The predicted molar refractivity (Wildman–Crippen MR) is 72.4 cm³/mol. The molecule has 0 saturated carbocycles. The number of rotatable bonds is 7. The highest BCUT2D eigenvalue weighted by molar-refractivity contribution is 8.14. The number of unbranched alkanes of at least 4 members (excludes halogenated alkanes) is 3. The minimum atomic E-state index is -4.04. The number of benzene rings is 1. The van der Waals surface area contributed by atoms with Crippen molar-refractivity contribution in [1.29, 1.82) is 0 Å². The summed E-state index contributed by atoms with van der Waals surface area (Å²) in [5.74, 6) is 0.666. The fraction of sp³-hybridized carbons (Fsp3) is 0.500. The van der Waals surface area contributed by atoms with E-state index in [1.165, 1.54) is 11.8 Å². The molecule has 0 aromatic heterocycles. The van der Waals surface area contributed by atoms with Crippen molar-refractivity contribution in [2.24, 2.45) is 0 Å². The van der Waals surface area contributed by atoms with Crippen LogP contribution in [-0.2, 0) is 0 Å². The summed E-state index contributed by atoms with van der Waals surface area (Å²) >= 11 is 1.23. The van der Waals surface area contributed by atoms with E-state index >= 15 is 0 Å². The van der Waals surface area contributed by atoms with E-state index in [0.717, 1.165) is 12.8 Å². The molecule has 0 aliphatic rings. The molecule has 0 saturated heterocycles. The highest BCUT2D eigenvalue weighted by Gasteiger charge is 2.25. The van der Waals surface area contributed by atoms with Gasteiger partial charge in [-0.3, -0.25) is 4.79 Å². The molecule has 0 radical (unpaired) electrons. The predicted octanol–water partition coefficient (Wildman–Crippen LogP) is 5.07. The highest BCUT2D eigenvalue weighted by atomic mass is 32.2. The molecule has 0 amide bonds. The topological polar surface area (TPSA) is 17.1 Å². The van der Waals surface area contributed by atoms with Crippen LogP contribution in [0.2, 0.25) is 0 Å². The van der Waals surface area contributed by atoms with Gasteiger partial charge in [0.2, 0.25) is 5.12 Å². The minimum absolute atomic E-state index is 0.0240. The molecule has 19 heavy (non-hydrogen) atoms. The third-order valence-corrected chi connectivity index (χ3v) is 3.59. The number of alkyl halides is 3. The van der Waals surface area contributed by atoms with Crippen molar-refractivity contribution in [2.75, 3.05) is 5.75 Å². The molecule has 0 atom stereocenters. The van der Waals surface area contributed by atoms with Crippen molar-refractivity contribution in [3.63, 3.8) is 0 Å². The van der Waals surface area contributed by atoms with Gasteiger partial charge in [0.25, 0.3) is 0 Å². The molecule has 0 bridgehead atoms. The highest BCUT2D eigenvalue weighted by Crippen LogP contribution is 2.23. The standard InChI is InChI=1S/C14H17F3OS/c15-14(16,17)10-6-1-2-7-11-19-13(18)12-8-4-3-5-9-12/h3-5,8-9H,1-2,6-7,10-11H2. The Hall–Kier alpha value is -0.970. The van der Waals surface area contributed by atoms with Gasteiger partial charge in [-0.1, -0.05) is 54.9 Å². The second-order valence-electron chi connectivity index (χ2n) is 4.28. The van der Waals surface area contributed by atoms with Crippen molar-refractivity contribution in [2.45, 2.75) is 38.3 Å². The van der Waals surface area contributed by atoms with Gasteiger partial charge >= 0.3 is 6.18 Å². The molecule has 0 fully saturated rings. The van der Waals surface area contributed by atoms with Crippen LogP contribution >= 0.6 is 11.8 Å². The van der Waals surface area contributed by atoms with Gasteiger partial charge in [-0.15, -0.1) is 0 Å². The molecule has 0 spiro atoms. The SMILES string of the molecule is O=C(SCCCCCCC(F)(F)F)c1ccccc1. The van der Waals surface area contributed by atoms with Crippen LogP contribution in [-0.4, -0.2) is 17.0 Å².